The van der Waals surface area contributed by atoms with Gasteiger partial charge < -0.3 is 0 Å². The zero-order chi connectivity index (χ0) is 9.36. The molecule has 0 heterocycles. The van der Waals surface area contributed by atoms with Crippen LogP contribution in [0.4, 0.5) is 0 Å². The maximum Gasteiger partial charge on any atom is -0.0398 e. The molecule has 82 valence electrons. The summed E-state index contributed by atoms with van der Waals surface area (Å²) in [5.74, 6) is 0. The zero-order valence-corrected chi connectivity index (χ0v) is 10.3. The summed E-state index contributed by atoms with van der Waals surface area (Å²) in [6.45, 7) is 2.08. The van der Waals surface area contributed by atoms with Gasteiger partial charge in [-0.25, -0.2) is 0 Å². The van der Waals surface area contributed by atoms with Crippen molar-refractivity contribution in [3.8, 4) is 0 Å². The Morgan fingerprint density at radius 1 is 0.533 bits per heavy atom. The molecule has 0 spiro atoms. The largest absolute Gasteiger partial charge is 0.147 e. The van der Waals surface area contributed by atoms with E-state index in [1.807, 2.05) is 54.6 Å². The number of halogens is 2. The number of rotatable bonds is 0. The lowest BCUT2D eigenvalue weighted by molar-refractivity contribution is 1.48. The lowest BCUT2D eigenvalue weighted by Crippen LogP contribution is -1.62. The molecule has 0 radical (unpaired) electrons. The van der Waals surface area contributed by atoms with Crippen LogP contribution in [0.2, 0.25) is 0 Å². The van der Waals surface area contributed by atoms with Gasteiger partial charge in [-0.05, 0) is 6.92 Å². The fourth-order valence-electron chi connectivity index (χ4n) is 0.919. The van der Waals surface area contributed by atoms with Crippen molar-refractivity contribution >= 4 is 24.8 Å². The molecule has 2 rings (SSSR count). The Kier molecular flexibility index (Phi) is 12.2. The van der Waals surface area contributed by atoms with Crippen LogP contribution >= 0.6 is 24.8 Å². The van der Waals surface area contributed by atoms with Gasteiger partial charge in [0, 0.05) is 0 Å². The molecular formula is C13H16Cl2. The fourth-order valence-corrected chi connectivity index (χ4v) is 0.919. The van der Waals surface area contributed by atoms with E-state index >= 15 is 0 Å². The Morgan fingerprint density at radius 3 is 1.00 bits per heavy atom. The van der Waals surface area contributed by atoms with E-state index in [1.54, 1.807) is 0 Å². The Balaban J connectivity index is 0. The lowest BCUT2D eigenvalue weighted by atomic mass is 10.2. The van der Waals surface area contributed by atoms with Crippen molar-refractivity contribution in [3.05, 3.63) is 72.3 Å². The molecule has 0 aliphatic heterocycles. The van der Waals surface area contributed by atoms with Crippen molar-refractivity contribution in [1.29, 1.82) is 0 Å². The standard InChI is InChI=1S/C7H8.C6H6.2ClH/c1-7-5-3-2-4-6-7;1-2-4-6-5-3-1;;/h2-6H,1H3;1-6H;2*1H. The van der Waals surface area contributed by atoms with E-state index in [-0.39, 0.29) is 24.8 Å². The zero-order valence-electron chi connectivity index (χ0n) is 8.67. The molecule has 0 bridgehead atoms. The Morgan fingerprint density at radius 2 is 0.800 bits per heavy atom. The third-order valence-corrected chi connectivity index (χ3v) is 1.61. The average molecular weight is 243 g/mol. The van der Waals surface area contributed by atoms with Crippen molar-refractivity contribution in [1.82, 2.24) is 0 Å². The maximum absolute atomic E-state index is 2.08. The van der Waals surface area contributed by atoms with E-state index in [0.29, 0.717) is 0 Å². The van der Waals surface area contributed by atoms with Crippen LogP contribution in [0.1, 0.15) is 5.56 Å². The molecule has 0 atom stereocenters. The molecule has 2 aromatic carbocycles. The smallest absolute Gasteiger partial charge is 0.0398 e. The van der Waals surface area contributed by atoms with Gasteiger partial charge >= 0.3 is 0 Å². The van der Waals surface area contributed by atoms with Crippen LogP contribution in [0.5, 0.6) is 0 Å². The summed E-state index contributed by atoms with van der Waals surface area (Å²) < 4.78 is 0. The number of hydrogen-bond acceptors (Lipinski definition) is 0. The highest BCUT2D eigenvalue weighted by Gasteiger charge is 1.72. The molecule has 0 aliphatic carbocycles. The van der Waals surface area contributed by atoms with E-state index < -0.39 is 0 Å². The highest BCUT2D eigenvalue weighted by Crippen LogP contribution is 1.92. The van der Waals surface area contributed by atoms with Crippen molar-refractivity contribution in [2.45, 2.75) is 6.92 Å². The maximum atomic E-state index is 2.08. The van der Waals surface area contributed by atoms with Crippen molar-refractivity contribution in [2.75, 3.05) is 0 Å². The first-order valence-electron chi connectivity index (χ1n) is 4.41. The van der Waals surface area contributed by atoms with Crippen molar-refractivity contribution < 1.29 is 0 Å². The van der Waals surface area contributed by atoms with Crippen molar-refractivity contribution in [3.63, 3.8) is 0 Å². The fraction of sp³-hybridized carbons (Fsp3) is 0.0769. The van der Waals surface area contributed by atoms with Crippen LogP contribution in [0.15, 0.2) is 66.7 Å². The molecule has 2 heteroatoms. The third-order valence-electron chi connectivity index (χ3n) is 1.61. The molecular weight excluding hydrogens is 227 g/mol. The first kappa shape index (κ1) is 16.4. The van der Waals surface area contributed by atoms with Crippen LogP contribution in [-0.2, 0) is 0 Å². The van der Waals surface area contributed by atoms with E-state index in [4.69, 9.17) is 0 Å². The molecule has 0 fully saturated rings. The Hall–Kier alpha value is -0.980. The summed E-state index contributed by atoms with van der Waals surface area (Å²) in [6, 6.07) is 22.3. The summed E-state index contributed by atoms with van der Waals surface area (Å²) in [7, 11) is 0. The van der Waals surface area contributed by atoms with Gasteiger partial charge in [-0.1, -0.05) is 72.3 Å². The van der Waals surface area contributed by atoms with Gasteiger partial charge in [-0.3, -0.25) is 0 Å². The van der Waals surface area contributed by atoms with E-state index in [9.17, 15) is 0 Å². The number of hydrogen-bond donors (Lipinski definition) is 0. The topological polar surface area (TPSA) is 0 Å². The molecule has 0 unspecified atom stereocenters. The van der Waals surface area contributed by atoms with Gasteiger partial charge in [0.2, 0.25) is 0 Å². The predicted octanol–water partition coefficient (Wildman–Crippen LogP) is 4.53. The monoisotopic (exact) mass is 242 g/mol. The van der Waals surface area contributed by atoms with Crippen molar-refractivity contribution in [2.24, 2.45) is 0 Å². The predicted molar refractivity (Wildman–Crippen MR) is 72.1 cm³/mol. The summed E-state index contributed by atoms with van der Waals surface area (Å²) in [5.41, 5.74) is 1.32. The Bertz CT molecular complexity index is 279. The minimum Gasteiger partial charge on any atom is -0.147 e. The molecule has 0 amide bonds. The summed E-state index contributed by atoms with van der Waals surface area (Å²) in [5, 5.41) is 0. The SMILES string of the molecule is Cc1ccccc1.Cl.Cl.c1ccccc1. The molecule has 0 saturated carbocycles. The normalized spacial score (nSPS) is 7.27. The van der Waals surface area contributed by atoms with Gasteiger partial charge in [0.05, 0.1) is 0 Å². The average Bonchev–Trinajstić information content (AvgIpc) is 2.22. The molecule has 15 heavy (non-hydrogen) atoms. The van der Waals surface area contributed by atoms with Gasteiger partial charge in [-0.2, -0.15) is 0 Å². The molecule has 0 aromatic heterocycles. The van der Waals surface area contributed by atoms with Gasteiger partial charge in [-0.15, -0.1) is 24.8 Å². The first-order chi connectivity index (χ1) is 6.39. The van der Waals surface area contributed by atoms with Gasteiger partial charge in [0.1, 0.15) is 0 Å². The minimum absolute atomic E-state index is 0. The quantitative estimate of drug-likeness (QED) is 0.637. The van der Waals surface area contributed by atoms with Crippen LogP contribution in [0, 0.1) is 6.92 Å². The second-order valence-electron chi connectivity index (χ2n) is 2.81. The van der Waals surface area contributed by atoms with Crippen LogP contribution in [0.25, 0.3) is 0 Å². The summed E-state index contributed by atoms with van der Waals surface area (Å²) >= 11 is 0. The van der Waals surface area contributed by atoms with Gasteiger partial charge in [0.25, 0.3) is 0 Å². The van der Waals surface area contributed by atoms with E-state index in [2.05, 4.69) is 19.1 Å². The molecule has 0 aliphatic rings. The second kappa shape index (κ2) is 11.1. The number of benzene rings is 2. The minimum atomic E-state index is 0. The van der Waals surface area contributed by atoms with Crippen LogP contribution < -0.4 is 0 Å². The highest BCUT2D eigenvalue weighted by atomic mass is 35.5. The first-order valence-corrected chi connectivity index (χ1v) is 4.41. The van der Waals surface area contributed by atoms with E-state index in [1.165, 1.54) is 5.56 Å². The Labute approximate surface area is 104 Å². The van der Waals surface area contributed by atoms with Crippen LogP contribution in [-0.4, -0.2) is 0 Å². The third kappa shape index (κ3) is 9.33. The molecule has 2 aromatic rings. The summed E-state index contributed by atoms with van der Waals surface area (Å²) in [6.07, 6.45) is 0. The second-order valence-corrected chi connectivity index (χ2v) is 2.81. The van der Waals surface area contributed by atoms with Gasteiger partial charge in [0.15, 0.2) is 0 Å². The van der Waals surface area contributed by atoms with Crippen LogP contribution in [0.3, 0.4) is 0 Å². The molecule has 0 N–H and O–H groups in total. The lowest BCUT2D eigenvalue weighted by Gasteiger charge is -1.82. The van der Waals surface area contributed by atoms with E-state index in [0.717, 1.165) is 0 Å². The number of aryl methyl sites for hydroxylation is 1. The molecule has 0 saturated heterocycles. The molecule has 0 nitrogen and oxygen atoms in total. The highest BCUT2D eigenvalue weighted by molar-refractivity contribution is 5.85. The summed E-state index contributed by atoms with van der Waals surface area (Å²) in [4.78, 5) is 0.